The molecule has 0 heterocycles. The Bertz CT molecular complexity index is 1210. The van der Waals surface area contributed by atoms with Gasteiger partial charge in [0.05, 0.1) is 0 Å². The molecule has 3 aromatic carbocycles. The van der Waals surface area contributed by atoms with Crippen molar-refractivity contribution in [3.8, 4) is 11.8 Å². The highest BCUT2D eigenvalue weighted by molar-refractivity contribution is 5.85. The summed E-state index contributed by atoms with van der Waals surface area (Å²) in [7, 11) is 0. The number of benzene rings is 3. The van der Waals surface area contributed by atoms with Crippen LogP contribution in [0.2, 0.25) is 0 Å². The van der Waals surface area contributed by atoms with Crippen molar-refractivity contribution in [3.63, 3.8) is 0 Å². The molecule has 1 fully saturated rings. The van der Waals surface area contributed by atoms with Gasteiger partial charge in [0.1, 0.15) is 5.82 Å². The molecule has 1 saturated carbocycles. The van der Waals surface area contributed by atoms with Gasteiger partial charge < -0.3 is 0 Å². The van der Waals surface area contributed by atoms with Crippen molar-refractivity contribution < 1.29 is 4.39 Å². The minimum absolute atomic E-state index is 0.0603. The van der Waals surface area contributed by atoms with Gasteiger partial charge in [-0.3, -0.25) is 0 Å². The Morgan fingerprint density at radius 2 is 1.57 bits per heavy atom. The zero-order chi connectivity index (χ0) is 25.9. The number of hydrogen-bond donors (Lipinski definition) is 0. The largest absolute Gasteiger partial charge is 0.206 e. The van der Waals surface area contributed by atoms with Crippen LogP contribution in [0, 0.1) is 23.6 Å². The Balaban J connectivity index is 1.34. The minimum atomic E-state index is -0.0603. The van der Waals surface area contributed by atoms with E-state index in [2.05, 4.69) is 68.2 Å². The van der Waals surface area contributed by atoms with E-state index < -0.39 is 0 Å². The van der Waals surface area contributed by atoms with Crippen LogP contribution in [0.25, 0.3) is 10.8 Å². The smallest absolute Gasteiger partial charge is 0.134 e. The van der Waals surface area contributed by atoms with Crippen molar-refractivity contribution in [2.75, 3.05) is 0 Å². The maximum absolute atomic E-state index is 15.1. The van der Waals surface area contributed by atoms with Gasteiger partial charge in [-0.05, 0) is 111 Å². The first-order chi connectivity index (χ1) is 18.2. The summed E-state index contributed by atoms with van der Waals surface area (Å²) in [5.74, 6) is 8.13. The molecule has 0 saturated heterocycles. The molecule has 0 atom stereocenters. The predicted molar refractivity (Wildman–Crippen MR) is 158 cm³/mol. The second-order valence-electron chi connectivity index (χ2n) is 10.9. The maximum Gasteiger partial charge on any atom is 0.134 e. The molecule has 37 heavy (non-hydrogen) atoms. The van der Waals surface area contributed by atoms with Gasteiger partial charge in [0.2, 0.25) is 0 Å². The van der Waals surface area contributed by atoms with Gasteiger partial charge in [-0.25, -0.2) is 4.39 Å². The zero-order valence-corrected chi connectivity index (χ0v) is 22.9. The highest BCUT2D eigenvalue weighted by atomic mass is 19.1. The topological polar surface area (TPSA) is 0 Å². The number of halogens is 1. The summed E-state index contributed by atoms with van der Waals surface area (Å²) in [4.78, 5) is 0. The zero-order valence-electron chi connectivity index (χ0n) is 22.9. The molecule has 1 aliphatic carbocycles. The Morgan fingerprint density at radius 3 is 2.32 bits per heavy atom. The van der Waals surface area contributed by atoms with E-state index in [1.165, 1.54) is 69.8 Å². The number of hydrogen-bond acceptors (Lipinski definition) is 0. The van der Waals surface area contributed by atoms with Gasteiger partial charge in [0.15, 0.2) is 0 Å². The van der Waals surface area contributed by atoms with Crippen LogP contribution in [-0.2, 0) is 6.42 Å². The third-order valence-corrected chi connectivity index (χ3v) is 8.14. The van der Waals surface area contributed by atoms with E-state index in [-0.39, 0.29) is 5.82 Å². The maximum atomic E-state index is 15.1. The average molecular weight is 495 g/mol. The summed E-state index contributed by atoms with van der Waals surface area (Å²) < 4.78 is 15.1. The predicted octanol–water partition coefficient (Wildman–Crippen LogP) is 10.5. The molecule has 0 N–H and O–H groups in total. The van der Waals surface area contributed by atoms with Gasteiger partial charge in [-0.15, -0.1) is 0 Å². The molecule has 0 unspecified atom stereocenters. The highest BCUT2D eigenvalue weighted by Crippen LogP contribution is 2.37. The standard InChI is InChI=1S/C36H43F/c1-3-5-7-8-10-12-33-24-25-34-27-30(19-26-35(34)36(33)37)14-13-29-17-22-32(23-18-29)31-20-15-28(16-21-31)11-9-6-4-2/h4,6,17-19,22-28,31H,3,5,7-12,15-16,20-21H2,1-2H3/b6-4+. The fourth-order valence-corrected chi connectivity index (χ4v) is 5.79. The first-order valence-electron chi connectivity index (χ1n) is 14.6. The summed E-state index contributed by atoms with van der Waals surface area (Å²) in [5.41, 5.74) is 4.26. The Morgan fingerprint density at radius 1 is 0.838 bits per heavy atom. The summed E-state index contributed by atoms with van der Waals surface area (Å²) in [6.45, 7) is 4.33. The van der Waals surface area contributed by atoms with Gasteiger partial charge >= 0.3 is 0 Å². The van der Waals surface area contributed by atoms with Crippen molar-refractivity contribution in [2.45, 2.75) is 96.8 Å². The van der Waals surface area contributed by atoms with E-state index in [1.54, 1.807) is 0 Å². The van der Waals surface area contributed by atoms with Crippen molar-refractivity contribution in [1.82, 2.24) is 0 Å². The molecule has 0 aromatic heterocycles. The number of allylic oxidation sites excluding steroid dienone is 2. The fourth-order valence-electron chi connectivity index (χ4n) is 5.79. The van der Waals surface area contributed by atoms with Crippen LogP contribution in [0.1, 0.15) is 113 Å². The molecular weight excluding hydrogens is 451 g/mol. The molecule has 1 aliphatic rings. The highest BCUT2D eigenvalue weighted by Gasteiger charge is 2.21. The van der Waals surface area contributed by atoms with Crippen molar-refractivity contribution in [1.29, 1.82) is 0 Å². The number of rotatable bonds is 10. The Hall–Kier alpha value is -2.85. The lowest BCUT2D eigenvalue weighted by Gasteiger charge is -2.28. The van der Waals surface area contributed by atoms with Gasteiger partial charge in [-0.1, -0.05) is 86.9 Å². The van der Waals surface area contributed by atoms with E-state index in [9.17, 15) is 0 Å². The molecule has 0 radical (unpaired) electrons. The quantitative estimate of drug-likeness (QED) is 0.149. The van der Waals surface area contributed by atoms with E-state index in [1.807, 2.05) is 24.3 Å². The molecule has 0 aliphatic heterocycles. The van der Waals surface area contributed by atoms with Crippen LogP contribution < -0.4 is 0 Å². The van der Waals surface area contributed by atoms with Crippen LogP contribution in [0.4, 0.5) is 4.39 Å². The fraction of sp³-hybridized carbons (Fsp3) is 0.444. The number of unbranched alkanes of at least 4 members (excludes halogenated alkanes) is 4. The van der Waals surface area contributed by atoms with Crippen LogP contribution >= 0.6 is 0 Å². The average Bonchev–Trinajstić information content (AvgIpc) is 2.94. The molecule has 4 rings (SSSR count). The first kappa shape index (κ1) is 27.2. The summed E-state index contributed by atoms with van der Waals surface area (Å²) in [6.07, 6.45) is 19.2. The van der Waals surface area contributed by atoms with Crippen molar-refractivity contribution in [3.05, 3.63) is 94.8 Å². The summed E-state index contributed by atoms with van der Waals surface area (Å²) >= 11 is 0. The minimum Gasteiger partial charge on any atom is -0.206 e. The van der Waals surface area contributed by atoms with Gasteiger partial charge in [-0.2, -0.15) is 0 Å². The molecule has 0 bridgehead atoms. The van der Waals surface area contributed by atoms with Crippen LogP contribution in [0.15, 0.2) is 66.7 Å². The van der Waals surface area contributed by atoms with E-state index >= 15 is 4.39 Å². The molecule has 194 valence electrons. The lowest BCUT2D eigenvalue weighted by Crippen LogP contribution is -2.13. The van der Waals surface area contributed by atoms with Crippen LogP contribution in [0.3, 0.4) is 0 Å². The van der Waals surface area contributed by atoms with E-state index in [0.717, 1.165) is 40.8 Å². The van der Waals surface area contributed by atoms with Crippen LogP contribution in [-0.4, -0.2) is 0 Å². The molecule has 0 nitrogen and oxygen atoms in total. The van der Waals surface area contributed by atoms with Crippen molar-refractivity contribution in [2.24, 2.45) is 5.92 Å². The first-order valence-corrected chi connectivity index (χ1v) is 14.6. The Kier molecular flexibility index (Phi) is 10.4. The molecular formula is C36H43F. The molecule has 3 aromatic rings. The molecule has 0 spiro atoms. The second-order valence-corrected chi connectivity index (χ2v) is 10.9. The van der Waals surface area contributed by atoms with E-state index in [4.69, 9.17) is 0 Å². The van der Waals surface area contributed by atoms with E-state index in [0.29, 0.717) is 11.3 Å². The van der Waals surface area contributed by atoms with Crippen molar-refractivity contribution >= 4 is 10.8 Å². The SMILES string of the molecule is C/C=C/CCC1CCC(c2ccc(C#Cc3ccc4c(F)c(CCCCCCC)ccc4c3)cc2)CC1. The van der Waals surface area contributed by atoms with Gasteiger partial charge in [0.25, 0.3) is 0 Å². The Labute approximate surface area is 224 Å². The third-order valence-electron chi connectivity index (χ3n) is 8.14. The number of aryl methyl sites for hydroxylation is 1. The third kappa shape index (κ3) is 7.82. The van der Waals surface area contributed by atoms with Crippen LogP contribution in [0.5, 0.6) is 0 Å². The van der Waals surface area contributed by atoms with Gasteiger partial charge in [0, 0.05) is 16.5 Å². The lowest BCUT2D eigenvalue weighted by molar-refractivity contribution is 0.312. The summed E-state index contributed by atoms with van der Waals surface area (Å²) in [5, 5.41) is 1.63. The molecule has 1 heteroatoms. The summed E-state index contributed by atoms with van der Waals surface area (Å²) in [6, 6.07) is 18.7. The monoisotopic (exact) mass is 494 g/mol. The normalized spacial score (nSPS) is 17.7. The molecule has 0 amide bonds. The number of fused-ring (bicyclic) bond motifs is 1. The lowest BCUT2D eigenvalue weighted by atomic mass is 9.77. The second kappa shape index (κ2) is 14.2.